The van der Waals surface area contributed by atoms with Crippen molar-refractivity contribution in [3.05, 3.63) is 4.91 Å². The highest BCUT2D eigenvalue weighted by molar-refractivity contribution is 4.63. The van der Waals surface area contributed by atoms with Crippen LogP contribution in [0.3, 0.4) is 0 Å². The third-order valence-electron chi connectivity index (χ3n) is 0.861. The van der Waals surface area contributed by atoms with Crippen LogP contribution in [0.1, 0.15) is 0 Å². The van der Waals surface area contributed by atoms with Crippen molar-refractivity contribution in [2.24, 2.45) is 5.29 Å². The van der Waals surface area contributed by atoms with Crippen LogP contribution in [0.25, 0.3) is 0 Å². The number of nitrogens with zero attached hydrogens (tertiary/aromatic N) is 2. The summed E-state index contributed by atoms with van der Waals surface area (Å²) < 4.78 is 4.69. The molecule has 0 spiro atoms. The van der Waals surface area contributed by atoms with Crippen LogP contribution in [-0.2, 0) is 4.74 Å². The van der Waals surface area contributed by atoms with E-state index in [0.29, 0.717) is 6.61 Å². The second-order valence-corrected chi connectivity index (χ2v) is 1.44. The van der Waals surface area contributed by atoms with Crippen LogP contribution in [0.4, 0.5) is 0 Å². The molecule has 0 N–H and O–H groups in total. The lowest BCUT2D eigenvalue weighted by molar-refractivity contribution is 0.217. The molecule has 1 aliphatic heterocycles. The van der Waals surface area contributed by atoms with Gasteiger partial charge in [0.25, 0.3) is 0 Å². The molecule has 1 aliphatic rings. The average molecular weight is 102 g/mol. The van der Waals surface area contributed by atoms with E-state index >= 15 is 0 Å². The van der Waals surface area contributed by atoms with Crippen molar-refractivity contribution < 1.29 is 4.74 Å². The van der Waals surface area contributed by atoms with E-state index in [1.807, 2.05) is 0 Å². The Kier molecular flexibility index (Phi) is 0.941. The van der Waals surface area contributed by atoms with E-state index in [1.54, 1.807) is 7.05 Å². The lowest BCUT2D eigenvalue weighted by Crippen LogP contribution is -2.12. The lowest BCUT2D eigenvalue weighted by atomic mass is 10.7. The van der Waals surface area contributed by atoms with Crippen molar-refractivity contribution in [3.8, 4) is 0 Å². The van der Waals surface area contributed by atoms with Gasteiger partial charge in [0.05, 0.1) is 11.9 Å². The van der Waals surface area contributed by atoms with Crippen LogP contribution < -0.4 is 0 Å². The Balaban J connectivity index is 2.22. The van der Waals surface area contributed by atoms with Crippen molar-refractivity contribution >= 4 is 0 Å². The minimum absolute atomic E-state index is 0.0301. The van der Waals surface area contributed by atoms with Crippen LogP contribution in [-0.4, -0.2) is 24.9 Å². The van der Waals surface area contributed by atoms with Crippen LogP contribution in [0.15, 0.2) is 5.29 Å². The summed E-state index contributed by atoms with van der Waals surface area (Å²) in [6, 6.07) is 0. The van der Waals surface area contributed by atoms with E-state index in [2.05, 4.69) is 5.29 Å². The Hall–Kier alpha value is -0.640. The van der Waals surface area contributed by atoms with Crippen LogP contribution in [0.5, 0.6) is 0 Å². The number of epoxide rings is 1. The molecule has 0 amide bonds. The number of likely N-dealkylation sites (N-methyl/N-ethyl adjacent to an activating group) is 1. The standard InChI is InChI=1S/C3H6N2O2/c1-5(4-6)3-2-7-3/h3H,2H2,1H3. The van der Waals surface area contributed by atoms with Gasteiger partial charge in [0, 0.05) is 7.05 Å². The maximum absolute atomic E-state index is 9.58. The zero-order valence-corrected chi connectivity index (χ0v) is 4.00. The van der Waals surface area contributed by atoms with E-state index in [9.17, 15) is 4.91 Å². The fraction of sp³-hybridized carbons (Fsp3) is 1.00. The van der Waals surface area contributed by atoms with Gasteiger partial charge in [-0.1, -0.05) is 0 Å². The van der Waals surface area contributed by atoms with Crippen LogP contribution in [0.2, 0.25) is 0 Å². The van der Waals surface area contributed by atoms with Gasteiger partial charge in [0.2, 0.25) is 0 Å². The van der Waals surface area contributed by atoms with Crippen LogP contribution >= 0.6 is 0 Å². The largest absolute Gasteiger partial charge is 0.350 e. The highest BCUT2D eigenvalue weighted by atomic mass is 16.6. The predicted molar refractivity (Wildman–Crippen MR) is 23.3 cm³/mol. The molecule has 4 nitrogen and oxygen atoms in total. The van der Waals surface area contributed by atoms with Crippen molar-refractivity contribution in [3.63, 3.8) is 0 Å². The van der Waals surface area contributed by atoms with Gasteiger partial charge in [-0.05, 0) is 0 Å². The number of hydrogen-bond donors (Lipinski definition) is 0. The lowest BCUT2D eigenvalue weighted by Gasteiger charge is -1.99. The van der Waals surface area contributed by atoms with Gasteiger partial charge in [-0.3, -0.25) is 0 Å². The van der Waals surface area contributed by atoms with Gasteiger partial charge < -0.3 is 4.74 Å². The fourth-order valence-corrected chi connectivity index (χ4v) is 0.311. The number of ether oxygens (including phenoxy) is 1. The Morgan fingerprint density at radius 3 is 2.71 bits per heavy atom. The number of hydrogen-bond acceptors (Lipinski definition) is 3. The first kappa shape index (κ1) is 4.52. The minimum Gasteiger partial charge on any atom is -0.350 e. The van der Waals surface area contributed by atoms with E-state index in [-0.39, 0.29) is 6.23 Å². The summed E-state index contributed by atoms with van der Waals surface area (Å²) in [7, 11) is 1.59. The van der Waals surface area contributed by atoms with Gasteiger partial charge in [-0.25, -0.2) is 5.01 Å². The summed E-state index contributed by atoms with van der Waals surface area (Å²) in [5.41, 5.74) is 0. The molecule has 1 saturated heterocycles. The molecule has 0 aromatic heterocycles. The smallest absolute Gasteiger partial charge is 0.172 e. The van der Waals surface area contributed by atoms with Crippen molar-refractivity contribution in [1.29, 1.82) is 0 Å². The van der Waals surface area contributed by atoms with Crippen molar-refractivity contribution in [2.45, 2.75) is 6.23 Å². The Bertz CT molecular complexity index is 81.0. The first-order valence-electron chi connectivity index (χ1n) is 2.02. The minimum atomic E-state index is -0.0301. The quantitative estimate of drug-likeness (QED) is 0.279. The molecule has 1 rings (SSSR count). The molecular formula is C3H6N2O2. The molecule has 0 radical (unpaired) electrons. The van der Waals surface area contributed by atoms with Gasteiger partial charge >= 0.3 is 0 Å². The van der Waals surface area contributed by atoms with E-state index in [0.717, 1.165) is 0 Å². The average Bonchev–Trinajstić information content (AvgIpc) is 2.44. The van der Waals surface area contributed by atoms with Crippen molar-refractivity contribution in [2.75, 3.05) is 13.7 Å². The second-order valence-electron chi connectivity index (χ2n) is 1.44. The summed E-state index contributed by atoms with van der Waals surface area (Å²) in [6.07, 6.45) is -0.0301. The molecule has 1 atom stereocenters. The molecule has 1 fully saturated rings. The first-order chi connectivity index (χ1) is 3.34. The zero-order valence-electron chi connectivity index (χ0n) is 4.00. The fourth-order valence-electron chi connectivity index (χ4n) is 0.311. The Morgan fingerprint density at radius 1 is 2.00 bits per heavy atom. The maximum atomic E-state index is 9.58. The zero-order chi connectivity index (χ0) is 5.28. The first-order valence-corrected chi connectivity index (χ1v) is 2.02. The third-order valence-corrected chi connectivity index (χ3v) is 0.861. The molecule has 0 aliphatic carbocycles. The molecule has 1 unspecified atom stereocenters. The topological polar surface area (TPSA) is 45.2 Å². The van der Waals surface area contributed by atoms with Crippen LogP contribution in [0, 0.1) is 4.91 Å². The molecule has 1 heterocycles. The summed E-state index contributed by atoms with van der Waals surface area (Å²) in [6.45, 7) is 0.641. The van der Waals surface area contributed by atoms with E-state index in [1.165, 1.54) is 5.01 Å². The molecule has 0 bridgehead atoms. The molecule has 40 valence electrons. The molecule has 0 aromatic carbocycles. The third kappa shape index (κ3) is 0.866. The van der Waals surface area contributed by atoms with E-state index in [4.69, 9.17) is 4.74 Å². The normalized spacial score (nSPS) is 26.7. The Labute approximate surface area is 41.0 Å². The molecule has 0 aromatic rings. The molecule has 7 heavy (non-hydrogen) atoms. The molecular weight excluding hydrogens is 96.0 g/mol. The summed E-state index contributed by atoms with van der Waals surface area (Å²) in [4.78, 5) is 9.58. The number of rotatable bonds is 2. The van der Waals surface area contributed by atoms with Gasteiger partial charge in [-0.2, -0.15) is 0 Å². The molecule has 0 saturated carbocycles. The predicted octanol–water partition coefficient (Wildman–Crippen LogP) is -0.0441. The van der Waals surface area contributed by atoms with Crippen molar-refractivity contribution in [1.82, 2.24) is 5.01 Å². The SMILES string of the molecule is CN(N=O)C1CO1. The monoisotopic (exact) mass is 102 g/mol. The van der Waals surface area contributed by atoms with Gasteiger partial charge in [-0.15, -0.1) is 4.91 Å². The Morgan fingerprint density at radius 2 is 2.57 bits per heavy atom. The molecule has 4 heteroatoms. The summed E-state index contributed by atoms with van der Waals surface area (Å²) in [5.74, 6) is 0. The maximum Gasteiger partial charge on any atom is 0.172 e. The number of nitroso groups, excluding NO2 is 1. The van der Waals surface area contributed by atoms with Gasteiger partial charge in [0.15, 0.2) is 6.23 Å². The summed E-state index contributed by atoms with van der Waals surface area (Å²) >= 11 is 0. The van der Waals surface area contributed by atoms with Gasteiger partial charge in [0.1, 0.15) is 0 Å². The van der Waals surface area contributed by atoms with E-state index < -0.39 is 0 Å². The second kappa shape index (κ2) is 1.46. The highest BCUT2D eigenvalue weighted by Gasteiger charge is 2.27. The summed E-state index contributed by atoms with van der Waals surface area (Å²) in [5, 5.41) is 3.86. The highest BCUT2D eigenvalue weighted by Crippen LogP contribution is 2.11.